The zero-order valence-electron chi connectivity index (χ0n) is 12.2. The molecule has 5 heteroatoms. The number of amides is 1. The van der Waals surface area contributed by atoms with Gasteiger partial charge in [-0.2, -0.15) is 0 Å². The van der Waals surface area contributed by atoms with E-state index in [4.69, 9.17) is 11.6 Å². The minimum atomic E-state index is -0.362. The number of nitrogens with zero attached hydrogens (tertiary/aromatic N) is 2. The summed E-state index contributed by atoms with van der Waals surface area (Å²) in [6.07, 6.45) is 2.30. The van der Waals surface area contributed by atoms with Crippen LogP contribution in [0.5, 0.6) is 0 Å². The van der Waals surface area contributed by atoms with Crippen molar-refractivity contribution < 1.29 is 9.18 Å². The summed E-state index contributed by atoms with van der Waals surface area (Å²) < 4.78 is 13.6. The molecule has 3 heterocycles. The van der Waals surface area contributed by atoms with Gasteiger partial charge in [0.05, 0.1) is 5.02 Å². The van der Waals surface area contributed by atoms with Crippen LogP contribution in [-0.4, -0.2) is 41.4 Å². The molecule has 0 spiro atoms. The van der Waals surface area contributed by atoms with E-state index in [1.807, 2.05) is 11.0 Å². The average molecular weight is 311 g/mol. The summed E-state index contributed by atoms with van der Waals surface area (Å²) >= 11 is 5.73. The molecular weight excluding hydrogens is 291 g/mol. The van der Waals surface area contributed by atoms with Crippen LogP contribution < -0.4 is 0 Å². The number of hydrogen-bond acceptors (Lipinski definition) is 2. The Balaban J connectivity index is 1.74. The number of piperidine rings is 1. The molecule has 0 aliphatic carbocycles. The fraction of sp³-hybridized carbons (Fsp3) is 0.562. The molecule has 0 aromatic heterocycles. The molecule has 3 saturated heterocycles. The largest absolute Gasteiger partial charge is 0.341 e. The van der Waals surface area contributed by atoms with Crippen LogP contribution in [0.15, 0.2) is 18.2 Å². The Bertz CT molecular complexity index is 551. The fourth-order valence-electron chi connectivity index (χ4n) is 3.50. The summed E-state index contributed by atoms with van der Waals surface area (Å²) in [5.41, 5.74) is 0.943. The molecule has 4 rings (SSSR count). The summed E-state index contributed by atoms with van der Waals surface area (Å²) in [6, 6.07) is 5.40. The smallest absolute Gasteiger partial charge is 0.219 e. The van der Waals surface area contributed by atoms with E-state index < -0.39 is 0 Å². The van der Waals surface area contributed by atoms with Gasteiger partial charge in [0.25, 0.3) is 0 Å². The lowest BCUT2D eigenvalue weighted by Crippen LogP contribution is -2.43. The maximum absolute atomic E-state index is 13.6. The van der Waals surface area contributed by atoms with Gasteiger partial charge in [-0.3, -0.25) is 9.69 Å². The number of carbonyl (C=O) groups is 1. The standard InChI is InChI=1S/C16H20ClFN2O/c1-11(21)19-8-13-2-4-14(10-19)20(9-13)7-12-3-5-15(17)16(18)6-12/h3,5-6,13-14H,2,4,7-10H2,1H3/t13-,14+/m0/s1. The van der Waals surface area contributed by atoms with Crippen molar-refractivity contribution in [2.45, 2.75) is 32.4 Å². The zero-order chi connectivity index (χ0) is 15.0. The number of fused-ring (bicyclic) bond motifs is 4. The van der Waals surface area contributed by atoms with Gasteiger partial charge in [-0.15, -0.1) is 0 Å². The predicted molar refractivity (Wildman–Crippen MR) is 80.6 cm³/mol. The molecule has 3 nitrogen and oxygen atoms in total. The summed E-state index contributed by atoms with van der Waals surface area (Å²) in [6.45, 7) is 5.00. The minimum Gasteiger partial charge on any atom is -0.341 e. The molecule has 1 aromatic carbocycles. The number of benzene rings is 1. The molecule has 0 radical (unpaired) electrons. The maximum atomic E-state index is 13.6. The fourth-order valence-corrected chi connectivity index (χ4v) is 3.62. The molecule has 0 unspecified atom stereocenters. The van der Waals surface area contributed by atoms with Crippen LogP contribution in [0.1, 0.15) is 25.3 Å². The first-order chi connectivity index (χ1) is 10.0. The third-order valence-corrected chi connectivity index (χ3v) is 4.95. The van der Waals surface area contributed by atoms with Crippen LogP contribution in [0.25, 0.3) is 0 Å². The molecule has 1 amide bonds. The van der Waals surface area contributed by atoms with Crippen molar-refractivity contribution in [2.24, 2.45) is 5.92 Å². The highest BCUT2D eigenvalue weighted by Crippen LogP contribution is 2.29. The van der Waals surface area contributed by atoms with E-state index in [0.717, 1.165) is 38.2 Å². The third-order valence-electron chi connectivity index (χ3n) is 4.64. The van der Waals surface area contributed by atoms with Crippen molar-refractivity contribution in [1.82, 2.24) is 9.80 Å². The van der Waals surface area contributed by atoms with E-state index in [0.29, 0.717) is 12.0 Å². The Morgan fingerprint density at radius 1 is 1.33 bits per heavy atom. The SMILES string of the molecule is CC(=O)N1C[C@@H]2CC[C@H](C1)N(Cc1ccc(Cl)c(F)c1)C2. The van der Waals surface area contributed by atoms with Gasteiger partial charge >= 0.3 is 0 Å². The molecule has 3 aliphatic heterocycles. The van der Waals surface area contributed by atoms with Crippen LogP contribution in [0.2, 0.25) is 5.02 Å². The molecule has 3 fully saturated rings. The monoisotopic (exact) mass is 310 g/mol. The second-order valence-electron chi connectivity index (χ2n) is 6.20. The Kier molecular flexibility index (Phi) is 4.18. The Morgan fingerprint density at radius 3 is 2.86 bits per heavy atom. The topological polar surface area (TPSA) is 23.6 Å². The molecule has 3 aliphatic rings. The van der Waals surface area contributed by atoms with Crippen molar-refractivity contribution in [2.75, 3.05) is 19.6 Å². The van der Waals surface area contributed by atoms with E-state index in [9.17, 15) is 9.18 Å². The quantitative estimate of drug-likeness (QED) is 0.838. The highest BCUT2D eigenvalue weighted by atomic mass is 35.5. The van der Waals surface area contributed by atoms with E-state index in [2.05, 4.69) is 4.90 Å². The van der Waals surface area contributed by atoms with E-state index >= 15 is 0 Å². The van der Waals surface area contributed by atoms with Crippen molar-refractivity contribution in [3.63, 3.8) is 0 Å². The van der Waals surface area contributed by atoms with Crippen LogP contribution >= 0.6 is 11.6 Å². The summed E-state index contributed by atoms with van der Waals surface area (Å²) in [5, 5.41) is 0.166. The van der Waals surface area contributed by atoms with Gasteiger partial charge in [-0.1, -0.05) is 17.7 Å². The van der Waals surface area contributed by atoms with Gasteiger partial charge in [-0.05, 0) is 36.5 Å². The molecule has 114 valence electrons. The van der Waals surface area contributed by atoms with E-state index in [1.165, 1.54) is 12.5 Å². The molecular formula is C16H20ClFN2O. The van der Waals surface area contributed by atoms with Crippen LogP contribution in [0, 0.1) is 11.7 Å². The highest BCUT2D eigenvalue weighted by Gasteiger charge is 2.35. The van der Waals surface area contributed by atoms with Gasteiger partial charge in [-0.25, -0.2) is 4.39 Å². The Morgan fingerprint density at radius 2 is 2.14 bits per heavy atom. The third kappa shape index (κ3) is 3.22. The van der Waals surface area contributed by atoms with Gasteiger partial charge in [0, 0.05) is 39.1 Å². The lowest BCUT2D eigenvalue weighted by atomic mass is 9.94. The number of carbonyl (C=O) groups excluding carboxylic acids is 1. The molecule has 0 N–H and O–H groups in total. The average Bonchev–Trinajstić information content (AvgIpc) is 2.75. The van der Waals surface area contributed by atoms with Crippen molar-refractivity contribution in [3.05, 3.63) is 34.6 Å². The zero-order valence-corrected chi connectivity index (χ0v) is 12.9. The van der Waals surface area contributed by atoms with Gasteiger partial charge in [0.2, 0.25) is 5.91 Å². The first-order valence-corrected chi connectivity index (χ1v) is 7.84. The molecule has 1 aromatic rings. The second kappa shape index (κ2) is 5.93. The van der Waals surface area contributed by atoms with Gasteiger partial charge in [0.1, 0.15) is 5.82 Å². The number of hydrogen-bond donors (Lipinski definition) is 0. The lowest BCUT2D eigenvalue weighted by molar-refractivity contribution is -0.129. The maximum Gasteiger partial charge on any atom is 0.219 e. The van der Waals surface area contributed by atoms with E-state index in [-0.39, 0.29) is 16.7 Å². The van der Waals surface area contributed by atoms with Crippen molar-refractivity contribution in [3.8, 4) is 0 Å². The van der Waals surface area contributed by atoms with Crippen molar-refractivity contribution in [1.29, 1.82) is 0 Å². The van der Waals surface area contributed by atoms with Gasteiger partial charge in [0.15, 0.2) is 0 Å². The normalized spacial score (nSPS) is 26.0. The summed E-state index contributed by atoms with van der Waals surface area (Å²) in [5.74, 6) is 0.329. The van der Waals surface area contributed by atoms with Crippen LogP contribution in [0.4, 0.5) is 4.39 Å². The molecule has 2 atom stereocenters. The molecule has 0 saturated carbocycles. The minimum absolute atomic E-state index is 0.159. The van der Waals surface area contributed by atoms with E-state index in [1.54, 1.807) is 13.0 Å². The molecule has 21 heavy (non-hydrogen) atoms. The van der Waals surface area contributed by atoms with Gasteiger partial charge < -0.3 is 4.90 Å². The highest BCUT2D eigenvalue weighted by molar-refractivity contribution is 6.30. The summed E-state index contributed by atoms with van der Waals surface area (Å²) in [4.78, 5) is 16.0. The first kappa shape index (κ1) is 14.8. The number of halogens is 2. The predicted octanol–water partition coefficient (Wildman–Crippen LogP) is 2.92. The van der Waals surface area contributed by atoms with Crippen LogP contribution in [-0.2, 0) is 11.3 Å². The Labute approximate surface area is 129 Å². The second-order valence-corrected chi connectivity index (χ2v) is 6.61. The molecule has 2 bridgehead atoms. The number of rotatable bonds is 2. The summed E-state index contributed by atoms with van der Waals surface area (Å²) in [7, 11) is 0. The van der Waals surface area contributed by atoms with Crippen molar-refractivity contribution >= 4 is 17.5 Å². The lowest BCUT2D eigenvalue weighted by Gasteiger charge is -2.36. The Hall–Kier alpha value is -1.13. The van der Waals surface area contributed by atoms with Crippen LogP contribution in [0.3, 0.4) is 0 Å². The first-order valence-electron chi connectivity index (χ1n) is 7.46.